The normalized spacial score (nSPS) is 14.7. The molecule has 2 amide bonds. The second-order valence-electron chi connectivity index (χ2n) is 6.29. The maximum atomic E-state index is 12.4. The van der Waals surface area contributed by atoms with Crippen LogP contribution in [0.5, 0.6) is 0 Å². The molecule has 0 unspecified atom stereocenters. The van der Waals surface area contributed by atoms with Gasteiger partial charge in [-0.15, -0.1) is 0 Å². The van der Waals surface area contributed by atoms with E-state index in [9.17, 15) is 9.59 Å². The van der Waals surface area contributed by atoms with Crippen LogP contribution in [-0.2, 0) is 9.53 Å². The number of hydrogen-bond donors (Lipinski definition) is 2. The number of aryl methyl sites for hydroxylation is 1. The Hall–Kier alpha value is -2.70. The van der Waals surface area contributed by atoms with Crippen molar-refractivity contribution in [2.45, 2.75) is 6.92 Å². The second kappa shape index (κ2) is 8.60. The number of ether oxygens (including phenoxy) is 1. The third-order valence-electron chi connectivity index (χ3n) is 4.26. The van der Waals surface area contributed by atoms with Crippen molar-refractivity contribution < 1.29 is 14.3 Å². The molecule has 136 valence electrons. The first kappa shape index (κ1) is 18.1. The first-order chi connectivity index (χ1) is 12.6. The highest BCUT2D eigenvalue weighted by molar-refractivity contribution is 6.05. The number of nitrogens with one attached hydrogen (secondary N) is 2. The van der Waals surface area contributed by atoms with Gasteiger partial charge in [0.2, 0.25) is 5.91 Å². The predicted octanol–water partition coefficient (Wildman–Crippen LogP) is 2.52. The van der Waals surface area contributed by atoms with E-state index in [0.717, 1.165) is 18.7 Å². The number of hydrogen-bond acceptors (Lipinski definition) is 4. The lowest BCUT2D eigenvalue weighted by Gasteiger charge is -2.25. The van der Waals surface area contributed by atoms with Crippen LogP contribution >= 0.6 is 0 Å². The standard InChI is InChI=1S/C20H23N3O3/c1-15-5-2-3-8-18(15)20(25)22-17-7-4-6-16(13-17)21-19(24)14-23-9-11-26-12-10-23/h2-8,13H,9-12,14H2,1H3,(H,21,24)(H,22,25). The van der Waals surface area contributed by atoms with E-state index in [1.807, 2.05) is 25.1 Å². The summed E-state index contributed by atoms with van der Waals surface area (Å²) in [5, 5.41) is 5.76. The van der Waals surface area contributed by atoms with E-state index >= 15 is 0 Å². The van der Waals surface area contributed by atoms with Crippen LogP contribution in [0.25, 0.3) is 0 Å². The fraction of sp³-hybridized carbons (Fsp3) is 0.300. The molecule has 0 bridgehead atoms. The Morgan fingerprint density at radius 3 is 2.42 bits per heavy atom. The molecule has 1 aliphatic rings. The molecular formula is C20H23N3O3. The third kappa shape index (κ3) is 4.91. The Bertz CT molecular complexity index is 785. The van der Waals surface area contributed by atoms with Crippen molar-refractivity contribution in [1.29, 1.82) is 0 Å². The van der Waals surface area contributed by atoms with Gasteiger partial charge in [-0.05, 0) is 36.8 Å². The lowest BCUT2D eigenvalue weighted by atomic mass is 10.1. The lowest BCUT2D eigenvalue weighted by Crippen LogP contribution is -2.41. The lowest BCUT2D eigenvalue weighted by molar-refractivity contribution is -0.118. The van der Waals surface area contributed by atoms with Gasteiger partial charge in [0.25, 0.3) is 5.91 Å². The fourth-order valence-electron chi connectivity index (χ4n) is 2.86. The highest BCUT2D eigenvalue weighted by Gasteiger charge is 2.14. The van der Waals surface area contributed by atoms with Crippen LogP contribution in [0.1, 0.15) is 15.9 Å². The molecule has 2 aromatic rings. The van der Waals surface area contributed by atoms with Crippen LogP contribution in [0, 0.1) is 6.92 Å². The first-order valence-electron chi connectivity index (χ1n) is 8.69. The average molecular weight is 353 g/mol. The molecule has 3 rings (SSSR count). The minimum atomic E-state index is -0.167. The molecule has 0 saturated carbocycles. The molecule has 0 aromatic heterocycles. The van der Waals surface area contributed by atoms with Gasteiger partial charge in [0, 0.05) is 30.0 Å². The number of anilines is 2. The summed E-state index contributed by atoms with van der Waals surface area (Å²) in [5.74, 6) is -0.242. The SMILES string of the molecule is Cc1ccccc1C(=O)Nc1cccc(NC(=O)CN2CCOCC2)c1. The average Bonchev–Trinajstić information content (AvgIpc) is 2.63. The van der Waals surface area contributed by atoms with E-state index in [2.05, 4.69) is 15.5 Å². The zero-order chi connectivity index (χ0) is 18.4. The molecule has 0 aliphatic carbocycles. The highest BCUT2D eigenvalue weighted by atomic mass is 16.5. The minimum Gasteiger partial charge on any atom is -0.379 e. The Kier molecular flexibility index (Phi) is 5.99. The summed E-state index contributed by atoms with van der Waals surface area (Å²) in [5.41, 5.74) is 2.85. The van der Waals surface area contributed by atoms with Crippen molar-refractivity contribution in [1.82, 2.24) is 4.90 Å². The molecule has 1 saturated heterocycles. The number of morpholine rings is 1. The van der Waals surface area contributed by atoms with E-state index in [1.165, 1.54) is 0 Å². The summed E-state index contributed by atoms with van der Waals surface area (Å²) in [6, 6.07) is 14.6. The Morgan fingerprint density at radius 2 is 1.69 bits per heavy atom. The molecule has 0 spiro atoms. The number of rotatable bonds is 5. The topological polar surface area (TPSA) is 70.7 Å². The molecule has 1 fully saturated rings. The first-order valence-corrected chi connectivity index (χ1v) is 8.69. The van der Waals surface area contributed by atoms with E-state index in [0.29, 0.717) is 36.7 Å². The molecule has 6 nitrogen and oxygen atoms in total. The van der Waals surface area contributed by atoms with Gasteiger partial charge < -0.3 is 15.4 Å². The van der Waals surface area contributed by atoms with Gasteiger partial charge >= 0.3 is 0 Å². The van der Waals surface area contributed by atoms with Crippen LogP contribution in [0.4, 0.5) is 11.4 Å². The van der Waals surface area contributed by atoms with Crippen molar-refractivity contribution in [2.24, 2.45) is 0 Å². The van der Waals surface area contributed by atoms with E-state index in [1.54, 1.807) is 30.3 Å². The summed E-state index contributed by atoms with van der Waals surface area (Å²) >= 11 is 0. The molecular weight excluding hydrogens is 330 g/mol. The third-order valence-corrected chi connectivity index (χ3v) is 4.26. The van der Waals surface area contributed by atoms with Gasteiger partial charge in [-0.2, -0.15) is 0 Å². The number of amides is 2. The maximum absolute atomic E-state index is 12.4. The smallest absolute Gasteiger partial charge is 0.255 e. The van der Waals surface area contributed by atoms with E-state index in [4.69, 9.17) is 4.74 Å². The quantitative estimate of drug-likeness (QED) is 0.867. The summed E-state index contributed by atoms with van der Waals surface area (Å²) in [4.78, 5) is 26.7. The van der Waals surface area contributed by atoms with Gasteiger partial charge in [0.05, 0.1) is 19.8 Å². The van der Waals surface area contributed by atoms with Crippen LogP contribution < -0.4 is 10.6 Å². The molecule has 26 heavy (non-hydrogen) atoms. The molecule has 2 N–H and O–H groups in total. The fourth-order valence-corrected chi connectivity index (χ4v) is 2.86. The number of carbonyl (C=O) groups is 2. The maximum Gasteiger partial charge on any atom is 0.255 e. The molecule has 2 aromatic carbocycles. The molecule has 0 atom stereocenters. The van der Waals surface area contributed by atoms with E-state index in [-0.39, 0.29) is 11.8 Å². The predicted molar refractivity (Wildman–Crippen MR) is 101 cm³/mol. The van der Waals surface area contributed by atoms with E-state index < -0.39 is 0 Å². The zero-order valence-electron chi connectivity index (χ0n) is 14.8. The van der Waals surface area contributed by atoms with Gasteiger partial charge in [0.15, 0.2) is 0 Å². The van der Waals surface area contributed by atoms with Gasteiger partial charge in [-0.25, -0.2) is 0 Å². The van der Waals surface area contributed by atoms with Crippen LogP contribution in [0.3, 0.4) is 0 Å². The van der Waals surface area contributed by atoms with Gasteiger partial charge in [-0.1, -0.05) is 24.3 Å². The summed E-state index contributed by atoms with van der Waals surface area (Å²) in [7, 11) is 0. The van der Waals surface area contributed by atoms with Gasteiger partial charge in [-0.3, -0.25) is 14.5 Å². The number of carbonyl (C=O) groups excluding carboxylic acids is 2. The largest absolute Gasteiger partial charge is 0.379 e. The van der Waals surface area contributed by atoms with Crippen molar-refractivity contribution >= 4 is 23.2 Å². The minimum absolute atomic E-state index is 0.0747. The Balaban J connectivity index is 1.60. The van der Waals surface area contributed by atoms with Crippen molar-refractivity contribution in [3.8, 4) is 0 Å². The molecule has 1 aliphatic heterocycles. The highest BCUT2D eigenvalue weighted by Crippen LogP contribution is 2.17. The van der Waals surface area contributed by atoms with Crippen molar-refractivity contribution in [2.75, 3.05) is 43.5 Å². The molecule has 1 heterocycles. The Morgan fingerprint density at radius 1 is 1.00 bits per heavy atom. The summed E-state index contributed by atoms with van der Waals surface area (Å²) in [6.45, 7) is 5.08. The second-order valence-corrected chi connectivity index (χ2v) is 6.29. The summed E-state index contributed by atoms with van der Waals surface area (Å²) in [6.07, 6.45) is 0. The number of benzene rings is 2. The zero-order valence-corrected chi connectivity index (χ0v) is 14.8. The van der Waals surface area contributed by atoms with Crippen LogP contribution in [-0.4, -0.2) is 49.6 Å². The van der Waals surface area contributed by atoms with Crippen LogP contribution in [0.2, 0.25) is 0 Å². The van der Waals surface area contributed by atoms with Crippen molar-refractivity contribution in [3.63, 3.8) is 0 Å². The Labute approximate surface area is 153 Å². The van der Waals surface area contributed by atoms with Crippen molar-refractivity contribution in [3.05, 3.63) is 59.7 Å². The van der Waals surface area contributed by atoms with Crippen LogP contribution in [0.15, 0.2) is 48.5 Å². The van der Waals surface area contributed by atoms with Gasteiger partial charge in [0.1, 0.15) is 0 Å². The monoisotopic (exact) mass is 353 g/mol. The summed E-state index contributed by atoms with van der Waals surface area (Å²) < 4.78 is 5.28. The molecule has 6 heteroatoms. The molecule has 0 radical (unpaired) electrons. The number of nitrogens with zero attached hydrogens (tertiary/aromatic N) is 1.